The topological polar surface area (TPSA) is 122 Å². The summed E-state index contributed by atoms with van der Waals surface area (Å²) in [5, 5.41) is 5.11. The van der Waals surface area contributed by atoms with Gasteiger partial charge in [0.15, 0.2) is 0 Å². The Morgan fingerprint density at radius 1 is 1.17 bits per heavy atom. The van der Waals surface area contributed by atoms with E-state index in [4.69, 9.17) is 5.73 Å². The number of nitrogen functional groups attached to an aromatic ring is 1. The number of nitrogens with one attached hydrogen (secondary N) is 2. The molecule has 2 aliphatic rings. The molecule has 8 nitrogen and oxygen atoms in total. The van der Waals surface area contributed by atoms with Crippen molar-refractivity contribution in [2.45, 2.75) is 32.0 Å². The molecule has 2 heterocycles. The van der Waals surface area contributed by atoms with Gasteiger partial charge in [-0.3, -0.25) is 24.5 Å². The van der Waals surface area contributed by atoms with Gasteiger partial charge in [-0.05, 0) is 47.9 Å². The fourth-order valence-electron chi connectivity index (χ4n) is 3.70. The Bertz CT molecular complexity index is 1030. The lowest BCUT2D eigenvalue weighted by molar-refractivity contribution is -0.136. The van der Waals surface area contributed by atoms with Crippen LogP contribution in [-0.4, -0.2) is 34.6 Å². The van der Waals surface area contributed by atoms with Crippen LogP contribution in [-0.2, 0) is 22.7 Å². The van der Waals surface area contributed by atoms with E-state index in [-0.39, 0.29) is 30.7 Å². The van der Waals surface area contributed by atoms with Gasteiger partial charge in [-0.15, -0.1) is 0 Å². The molecular weight excluding hydrogens is 372 g/mol. The van der Waals surface area contributed by atoms with Crippen LogP contribution < -0.4 is 16.4 Å². The molecule has 29 heavy (non-hydrogen) atoms. The van der Waals surface area contributed by atoms with Crippen molar-refractivity contribution >= 4 is 29.3 Å². The van der Waals surface area contributed by atoms with Crippen LogP contribution in [0.1, 0.15) is 44.7 Å². The maximum Gasteiger partial charge on any atom is 0.255 e. The van der Waals surface area contributed by atoms with E-state index >= 15 is 0 Å². The summed E-state index contributed by atoms with van der Waals surface area (Å²) in [7, 11) is 0. The summed E-state index contributed by atoms with van der Waals surface area (Å²) in [6.45, 7) is 0.569. The molecule has 1 unspecified atom stereocenters. The SMILES string of the molecule is Nc1cccc(CNC(=O)c2ccc3c(c2)CN(C2CCC(=O)NC2=O)C3=O)c1. The second-order valence-corrected chi connectivity index (χ2v) is 7.20. The number of anilines is 1. The minimum absolute atomic E-state index is 0.203. The van der Waals surface area contributed by atoms with E-state index < -0.39 is 11.9 Å². The number of amides is 4. The van der Waals surface area contributed by atoms with Gasteiger partial charge in [-0.25, -0.2) is 0 Å². The smallest absolute Gasteiger partial charge is 0.255 e. The molecule has 1 fully saturated rings. The van der Waals surface area contributed by atoms with Crippen LogP contribution in [0.4, 0.5) is 5.69 Å². The Morgan fingerprint density at radius 3 is 2.76 bits per heavy atom. The third kappa shape index (κ3) is 3.69. The second kappa shape index (κ2) is 7.38. The predicted octanol–water partition coefficient (Wildman–Crippen LogP) is 0.960. The largest absolute Gasteiger partial charge is 0.399 e. The first kappa shape index (κ1) is 18.7. The Labute approximate surface area is 167 Å². The number of carbonyl (C=O) groups excluding carboxylic acids is 4. The van der Waals surface area contributed by atoms with Crippen LogP contribution in [0, 0.1) is 0 Å². The van der Waals surface area contributed by atoms with Crippen molar-refractivity contribution in [2.24, 2.45) is 0 Å². The van der Waals surface area contributed by atoms with E-state index in [9.17, 15) is 19.2 Å². The maximum atomic E-state index is 12.7. The van der Waals surface area contributed by atoms with E-state index in [1.54, 1.807) is 30.3 Å². The molecule has 1 atom stereocenters. The van der Waals surface area contributed by atoms with E-state index in [1.807, 2.05) is 12.1 Å². The molecule has 1 saturated heterocycles. The molecule has 4 amide bonds. The van der Waals surface area contributed by atoms with Crippen LogP contribution in [0.25, 0.3) is 0 Å². The quantitative estimate of drug-likeness (QED) is 0.529. The highest BCUT2D eigenvalue weighted by molar-refractivity contribution is 6.06. The third-order valence-electron chi connectivity index (χ3n) is 5.19. The van der Waals surface area contributed by atoms with Gasteiger partial charge in [0.05, 0.1) is 0 Å². The summed E-state index contributed by atoms with van der Waals surface area (Å²) < 4.78 is 0. The summed E-state index contributed by atoms with van der Waals surface area (Å²) in [6.07, 6.45) is 0.506. The monoisotopic (exact) mass is 392 g/mol. The molecule has 0 aromatic heterocycles. The van der Waals surface area contributed by atoms with Gasteiger partial charge in [0.1, 0.15) is 6.04 Å². The van der Waals surface area contributed by atoms with Gasteiger partial charge >= 0.3 is 0 Å². The maximum absolute atomic E-state index is 12.7. The third-order valence-corrected chi connectivity index (χ3v) is 5.19. The number of benzene rings is 2. The van der Waals surface area contributed by atoms with Crippen molar-refractivity contribution in [3.8, 4) is 0 Å². The summed E-state index contributed by atoms with van der Waals surface area (Å²) in [6, 6.07) is 11.5. The second-order valence-electron chi connectivity index (χ2n) is 7.20. The van der Waals surface area contributed by atoms with E-state index in [1.165, 1.54) is 4.90 Å². The lowest BCUT2D eigenvalue weighted by Gasteiger charge is -2.29. The minimum Gasteiger partial charge on any atom is -0.399 e. The molecular formula is C21H20N4O4. The number of nitrogens with two attached hydrogens (primary N) is 1. The zero-order valence-corrected chi connectivity index (χ0v) is 15.6. The number of hydrogen-bond donors (Lipinski definition) is 3. The fourth-order valence-corrected chi connectivity index (χ4v) is 3.70. The van der Waals surface area contributed by atoms with Crippen LogP contribution in [0.3, 0.4) is 0 Å². The molecule has 0 radical (unpaired) electrons. The highest BCUT2D eigenvalue weighted by Crippen LogP contribution is 2.28. The van der Waals surface area contributed by atoms with E-state index in [0.717, 1.165) is 5.56 Å². The van der Waals surface area contributed by atoms with E-state index in [0.29, 0.717) is 35.3 Å². The van der Waals surface area contributed by atoms with Crippen molar-refractivity contribution in [3.05, 3.63) is 64.7 Å². The Balaban J connectivity index is 1.46. The molecule has 2 aromatic rings. The summed E-state index contributed by atoms with van der Waals surface area (Å²) in [4.78, 5) is 50.1. The van der Waals surface area contributed by atoms with Crippen molar-refractivity contribution in [1.29, 1.82) is 0 Å². The number of rotatable bonds is 4. The molecule has 0 saturated carbocycles. The number of imide groups is 1. The first-order valence-electron chi connectivity index (χ1n) is 9.32. The van der Waals surface area contributed by atoms with E-state index in [2.05, 4.69) is 10.6 Å². The Morgan fingerprint density at radius 2 is 2.00 bits per heavy atom. The Hall–Kier alpha value is -3.68. The van der Waals surface area contributed by atoms with Crippen molar-refractivity contribution in [1.82, 2.24) is 15.5 Å². The molecule has 4 N–H and O–H groups in total. The van der Waals surface area contributed by atoms with Crippen LogP contribution in [0.2, 0.25) is 0 Å². The molecule has 0 spiro atoms. The molecule has 0 aliphatic carbocycles. The number of piperidine rings is 1. The predicted molar refractivity (Wildman–Crippen MR) is 105 cm³/mol. The van der Waals surface area contributed by atoms with Crippen LogP contribution in [0.5, 0.6) is 0 Å². The first-order chi connectivity index (χ1) is 13.9. The first-order valence-corrected chi connectivity index (χ1v) is 9.32. The molecule has 8 heteroatoms. The van der Waals surface area contributed by atoms with Gasteiger partial charge in [0.25, 0.3) is 11.8 Å². The van der Waals surface area contributed by atoms with Gasteiger partial charge in [-0.1, -0.05) is 12.1 Å². The van der Waals surface area contributed by atoms with Crippen molar-refractivity contribution < 1.29 is 19.2 Å². The summed E-state index contributed by atoms with van der Waals surface area (Å²) in [5.41, 5.74) is 8.86. The average molecular weight is 392 g/mol. The standard InChI is InChI=1S/C21H20N4O4/c22-15-3-1-2-12(8-15)10-23-19(27)13-4-5-16-14(9-13)11-25(21(16)29)17-6-7-18(26)24-20(17)28/h1-5,8-9,17H,6-7,10-11,22H2,(H,23,27)(H,24,26,28). The zero-order valence-electron chi connectivity index (χ0n) is 15.6. The number of carbonyl (C=O) groups is 4. The lowest BCUT2D eigenvalue weighted by atomic mass is 10.0. The van der Waals surface area contributed by atoms with Crippen molar-refractivity contribution in [2.75, 3.05) is 5.73 Å². The van der Waals surface area contributed by atoms with Crippen LogP contribution >= 0.6 is 0 Å². The summed E-state index contributed by atoms with van der Waals surface area (Å²) in [5.74, 6) is -1.31. The molecule has 148 valence electrons. The average Bonchev–Trinajstić information content (AvgIpc) is 3.02. The number of hydrogen-bond acceptors (Lipinski definition) is 5. The fraction of sp³-hybridized carbons (Fsp3) is 0.238. The number of fused-ring (bicyclic) bond motifs is 1. The van der Waals surface area contributed by atoms with Gasteiger partial charge < -0.3 is 16.0 Å². The zero-order chi connectivity index (χ0) is 20.5. The normalized spacial score (nSPS) is 18.4. The molecule has 0 bridgehead atoms. The summed E-state index contributed by atoms with van der Waals surface area (Å²) >= 11 is 0. The highest BCUT2D eigenvalue weighted by Gasteiger charge is 2.39. The van der Waals surface area contributed by atoms with Gasteiger partial charge in [-0.2, -0.15) is 0 Å². The van der Waals surface area contributed by atoms with Crippen molar-refractivity contribution in [3.63, 3.8) is 0 Å². The Kier molecular flexibility index (Phi) is 4.75. The van der Waals surface area contributed by atoms with Gasteiger partial charge in [0.2, 0.25) is 11.8 Å². The van der Waals surface area contributed by atoms with Gasteiger partial charge in [0, 0.05) is 36.3 Å². The molecule has 2 aliphatic heterocycles. The molecule has 2 aromatic carbocycles. The minimum atomic E-state index is -0.673. The molecule has 4 rings (SSSR count). The van der Waals surface area contributed by atoms with Crippen LogP contribution in [0.15, 0.2) is 42.5 Å². The lowest BCUT2D eigenvalue weighted by Crippen LogP contribution is -2.52. The highest BCUT2D eigenvalue weighted by atomic mass is 16.2. The number of nitrogens with zero attached hydrogens (tertiary/aromatic N) is 1.